The number of hydrogen-bond acceptors (Lipinski definition) is 3. The van der Waals surface area contributed by atoms with Gasteiger partial charge in [0, 0.05) is 30.9 Å². The summed E-state index contributed by atoms with van der Waals surface area (Å²) in [6.45, 7) is 9.81. The van der Waals surface area contributed by atoms with Gasteiger partial charge in [-0.25, -0.2) is 0 Å². The molecule has 2 rings (SSSR count). The highest BCUT2D eigenvalue weighted by Crippen LogP contribution is 2.14. The molecule has 0 aliphatic rings. The van der Waals surface area contributed by atoms with Crippen molar-refractivity contribution in [3.05, 3.63) is 47.7 Å². The summed E-state index contributed by atoms with van der Waals surface area (Å²) in [4.78, 5) is 26.2. The zero-order valence-corrected chi connectivity index (χ0v) is 16.8. The lowest BCUT2D eigenvalue weighted by molar-refractivity contribution is -0.131. The minimum atomic E-state index is -0.189. The molecule has 0 saturated carbocycles. The van der Waals surface area contributed by atoms with Crippen molar-refractivity contribution in [1.82, 2.24) is 14.8 Å². The first-order valence-corrected chi connectivity index (χ1v) is 9.79. The van der Waals surface area contributed by atoms with E-state index < -0.39 is 0 Å². The number of aromatic nitrogens is 1. The molecule has 27 heavy (non-hydrogen) atoms. The van der Waals surface area contributed by atoms with Gasteiger partial charge < -0.3 is 19.2 Å². The minimum Gasteiger partial charge on any atom is -0.454 e. The molecule has 0 aliphatic carbocycles. The predicted molar refractivity (Wildman–Crippen MR) is 105 cm³/mol. The van der Waals surface area contributed by atoms with E-state index in [2.05, 4.69) is 16.8 Å². The number of nitrogens with zero attached hydrogens (tertiary/aromatic N) is 2. The van der Waals surface area contributed by atoms with E-state index in [1.54, 1.807) is 6.07 Å². The van der Waals surface area contributed by atoms with Crippen molar-refractivity contribution in [2.75, 3.05) is 6.54 Å². The van der Waals surface area contributed by atoms with Crippen molar-refractivity contribution >= 4 is 11.8 Å². The third kappa shape index (κ3) is 5.74. The molecule has 2 aromatic heterocycles. The molecule has 0 fully saturated rings. The standard InChI is InChI=1S/C21H31N3O3/c1-5-12-24(20(25)7-3)14-17-9-8-13-23(17)15-18-10-11-19(27-18)21(26)22-16(4)6-2/h8-11,13,16H,5-7,12,14-15H2,1-4H3,(H,22,26)/t16-/m1/s1. The summed E-state index contributed by atoms with van der Waals surface area (Å²) in [5, 5.41) is 2.90. The summed E-state index contributed by atoms with van der Waals surface area (Å²) in [6, 6.07) is 7.64. The fraction of sp³-hybridized carbons (Fsp3) is 0.524. The van der Waals surface area contributed by atoms with Gasteiger partial charge in [0.2, 0.25) is 5.91 Å². The number of nitrogens with one attached hydrogen (secondary N) is 1. The quantitative estimate of drug-likeness (QED) is 0.689. The van der Waals surface area contributed by atoms with E-state index in [0.29, 0.717) is 31.0 Å². The van der Waals surface area contributed by atoms with Gasteiger partial charge in [0.15, 0.2) is 5.76 Å². The normalized spacial score (nSPS) is 12.0. The molecule has 0 saturated heterocycles. The Labute approximate surface area is 161 Å². The van der Waals surface area contributed by atoms with Gasteiger partial charge >= 0.3 is 0 Å². The summed E-state index contributed by atoms with van der Waals surface area (Å²) in [7, 11) is 0. The van der Waals surface area contributed by atoms with Crippen molar-refractivity contribution in [2.24, 2.45) is 0 Å². The smallest absolute Gasteiger partial charge is 0.287 e. The highest BCUT2D eigenvalue weighted by molar-refractivity contribution is 5.91. The van der Waals surface area contributed by atoms with E-state index >= 15 is 0 Å². The van der Waals surface area contributed by atoms with Gasteiger partial charge in [-0.1, -0.05) is 20.8 Å². The second-order valence-electron chi connectivity index (χ2n) is 6.84. The number of furan rings is 1. The molecule has 148 valence electrons. The number of carbonyl (C=O) groups is 2. The fourth-order valence-electron chi connectivity index (χ4n) is 2.88. The van der Waals surface area contributed by atoms with E-state index in [-0.39, 0.29) is 17.9 Å². The van der Waals surface area contributed by atoms with Crippen LogP contribution in [-0.2, 0) is 17.9 Å². The molecule has 1 N–H and O–H groups in total. The van der Waals surface area contributed by atoms with Gasteiger partial charge in [-0.2, -0.15) is 0 Å². The first-order chi connectivity index (χ1) is 13.0. The molecule has 2 aromatic rings. The molecular formula is C21H31N3O3. The molecule has 0 radical (unpaired) electrons. The summed E-state index contributed by atoms with van der Waals surface area (Å²) < 4.78 is 7.78. The van der Waals surface area contributed by atoms with Crippen LogP contribution in [-0.4, -0.2) is 33.9 Å². The van der Waals surface area contributed by atoms with Crippen LogP contribution in [0.3, 0.4) is 0 Å². The molecule has 2 heterocycles. The van der Waals surface area contributed by atoms with Gasteiger partial charge in [-0.3, -0.25) is 9.59 Å². The average molecular weight is 373 g/mol. The zero-order valence-electron chi connectivity index (χ0n) is 16.8. The summed E-state index contributed by atoms with van der Waals surface area (Å²) in [5.41, 5.74) is 1.05. The van der Waals surface area contributed by atoms with E-state index in [1.807, 2.05) is 50.1 Å². The Morgan fingerprint density at radius 3 is 2.67 bits per heavy atom. The van der Waals surface area contributed by atoms with Crippen molar-refractivity contribution < 1.29 is 14.0 Å². The van der Waals surface area contributed by atoms with E-state index in [0.717, 1.165) is 25.1 Å². The summed E-state index contributed by atoms with van der Waals surface area (Å²) in [6.07, 6.45) is 4.28. The second kappa shape index (κ2) is 10.00. The van der Waals surface area contributed by atoms with Crippen LogP contribution in [0.25, 0.3) is 0 Å². The number of amides is 2. The van der Waals surface area contributed by atoms with Crippen LogP contribution in [0.4, 0.5) is 0 Å². The lowest BCUT2D eigenvalue weighted by Gasteiger charge is -2.22. The van der Waals surface area contributed by atoms with E-state index in [4.69, 9.17) is 4.42 Å². The first-order valence-electron chi connectivity index (χ1n) is 9.79. The van der Waals surface area contributed by atoms with E-state index in [9.17, 15) is 9.59 Å². The number of hydrogen-bond donors (Lipinski definition) is 1. The lowest BCUT2D eigenvalue weighted by atomic mass is 10.2. The van der Waals surface area contributed by atoms with Crippen molar-refractivity contribution in [2.45, 2.75) is 66.1 Å². The van der Waals surface area contributed by atoms with Gasteiger partial charge in [-0.15, -0.1) is 0 Å². The first kappa shape index (κ1) is 20.8. The van der Waals surface area contributed by atoms with Crippen LogP contribution in [0.2, 0.25) is 0 Å². The monoisotopic (exact) mass is 373 g/mol. The largest absolute Gasteiger partial charge is 0.454 e. The molecule has 0 bridgehead atoms. The van der Waals surface area contributed by atoms with Gasteiger partial charge in [-0.05, 0) is 44.0 Å². The Morgan fingerprint density at radius 2 is 2.00 bits per heavy atom. The molecule has 0 unspecified atom stereocenters. The predicted octanol–water partition coefficient (Wildman–Crippen LogP) is 3.81. The van der Waals surface area contributed by atoms with Gasteiger partial charge in [0.1, 0.15) is 5.76 Å². The summed E-state index contributed by atoms with van der Waals surface area (Å²) >= 11 is 0. The fourth-order valence-corrected chi connectivity index (χ4v) is 2.88. The third-order valence-corrected chi connectivity index (χ3v) is 4.63. The molecular weight excluding hydrogens is 342 g/mol. The van der Waals surface area contributed by atoms with Crippen LogP contribution >= 0.6 is 0 Å². The van der Waals surface area contributed by atoms with Gasteiger partial charge in [0.25, 0.3) is 5.91 Å². The third-order valence-electron chi connectivity index (χ3n) is 4.63. The highest BCUT2D eigenvalue weighted by Gasteiger charge is 2.16. The van der Waals surface area contributed by atoms with E-state index in [1.165, 1.54) is 0 Å². The molecule has 0 spiro atoms. The average Bonchev–Trinajstić information content (AvgIpc) is 3.30. The topological polar surface area (TPSA) is 67.5 Å². The van der Waals surface area contributed by atoms with Crippen molar-refractivity contribution in [1.29, 1.82) is 0 Å². The van der Waals surface area contributed by atoms with Crippen LogP contribution in [0.5, 0.6) is 0 Å². The molecule has 6 nitrogen and oxygen atoms in total. The minimum absolute atomic E-state index is 0.114. The molecule has 0 aliphatic heterocycles. The van der Waals surface area contributed by atoms with Gasteiger partial charge in [0.05, 0.1) is 13.1 Å². The molecule has 2 amide bonds. The Kier molecular flexibility index (Phi) is 7.70. The lowest BCUT2D eigenvalue weighted by Crippen LogP contribution is -2.31. The second-order valence-corrected chi connectivity index (χ2v) is 6.84. The maximum Gasteiger partial charge on any atom is 0.287 e. The molecule has 0 aromatic carbocycles. The van der Waals surface area contributed by atoms with Crippen LogP contribution < -0.4 is 5.32 Å². The Hall–Kier alpha value is -2.50. The maximum atomic E-state index is 12.2. The molecule has 6 heteroatoms. The Morgan fingerprint density at radius 1 is 1.22 bits per heavy atom. The summed E-state index contributed by atoms with van der Waals surface area (Å²) in [5.74, 6) is 1.01. The van der Waals surface area contributed by atoms with Crippen LogP contribution in [0, 0.1) is 0 Å². The molecule has 1 atom stereocenters. The maximum absolute atomic E-state index is 12.2. The van der Waals surface area contributed by atoms with Crippen LogP contribution in [0.1, 0.15) is 69.0 Å². The highest BCUT2D eigenvalue weighted by atomic mass is 16.4. The Balaban J connectivity index is 2.06. The van der Waals surface area contributed by atoms with Crippen molar-refractivity contribution in [3.63, 3.8) is 0 Å². The number of carbonyl (C=O) groups excluding carboxylic acids is 2. The zero-order chi connectivity index (χ0) is 19.8. The SMILES string of the molecule is CCCN(Cc1cccn1Cc1ccc(C(=O)N[C@H](C)CC)o1)C(=O)CC. The van der Waals surface area contributed by atoms with Crippen LogP contribution in [0.15, 0.2) is 34.9 Å². The number of rotatable bonds is 10. The van der Waals surface area contributed by atoms with Crippen molar-refractivity contribution in [3.8, 4) is 0 Å². The Bertz CT molecular complexity index is 747.